The number of halogens is 2. The van der Waals surface area contributed by atoms with E-state index in [2.05, 4.69) is 20.4 Å². The zero-order valence-electron chi connectivity index (χ0n) is 14.4. The molecule has 1 atom stereocenters. The summed E-state index contributed by atoms with van der Waals surface area (Å²) in [4.78, 5) is 14.0. The first-order valence-electron chi connectivity index (χ1n) is 8.26. The number of hydrogen-bond acceptors (Lipinski definition) is 8. The number of amides is 1. The Morgan fingerprint density at radius 3 is 3.00 bits per heavy atom. The molecule has 146 valence electrons. The minimum atomic E-state index is -0.851. The van der Waals surface area contributed by atoms with Gasteiger partial charge in [0.05, 0.1) is 18.5 Å². The van der Waals surface area contributed by atoms with Crippen LogP contribution in [0.3, 0.4) is 0 Å². The molecule has 2 aromatic rings. The Kier molecular flexibility index (Phi) is 6.94. The molecule has 2 heterocycles. The van der Waals surface area contributed by atoms with E-state index in [9.17, 15) is 13.6 Å². The van der Waals surface area contributed by atoms with Gasteiger partial charge in [0.1, 0.15) is 0 Å². The molecule has 3 rings (SSSR count). The fraction of sp³-hybridized carbons (Fsp3) is 0.438. The van der Waals surface area contributed by atoms with Crippen LogP contribution in [0.5, 0.6) is 0 Å². The van der Waals surface area contributed by atoms with Gasteiger partial charge in [-0.3, -0.25) is 9.69 Å². The molecule has 27 heavy (non-hydrogen) atoms. The second-order valence-electron chi connectivity index (χ2n) is 5.98. The lowest BCUT2D eigenvalue weighted by atomic mass is 10.1. The highest BCUT2D eigenvalue weighted by Gasteiger charge is 2.21. The molecule has 0 spiro atoms. The van der Waals surface area contributed by atoms with E-state index in [1.165, 1.54) is 29.2 Å². The van der Waals surface area contributed by atoms with E-state index >= 15 is 0 Å². The molecule has 1 aliphatic heterocycles. The summed E-state index contributed by atoms with van der Waals surface area (Å²) < 4.78 is 32.7. The number of carbonyl (C=O) groups is 1. The van der Waals surface area contributed by atoms with Crippen molar-refractivity contribution in [1.29, 1.82) is 0 Å². The lowest BCUT2D eigenvalue weighted by Gasteiger charge is -2.33. The molecular formula is C16H19F2N5O2S2. The molecule has 1 aliphatic rings. The Morgan fingerprint density at radius 2 is 2.26 bits per heavy atom. The number of anilines is 1. The molecule has 0 saturated carbocycles. The van der Waals surface area contributed by atoms with Crippen LogP contribution in [0.1, 0.15) is 5.56 Å². The SMILES string of the molecule is Nc1nnc(SCC(=O)NCC2CN(Cc3ccc(F)c(F)c3)CCO2)s1. The maximum absolute atomic E-state index is 13.3. The van der Waals surface area contributed by atoms with E-state index < -0.39 is 11.6 Å². The van der Waals surface area contributed by atoms with Gasteiger partial charge in [0.25, 0.3) is 0 Å². The second-order valence-corrected chi connectivity index (χ2v) is 8.21. The van der Waals surface area contributed by atoms with E-state index in [-0.39, 0.29) is 17.8 Å². The van der Waals surface area contributed by atoms with E-state index in [0.717, 1.165) is 6.07 Å². The average molecular weight is 415 g/mol. The van der Waals surface area contributed by atoms with Crippen molar-refractivity contribution < 1.29 is 18.3 Å². The molecule has 0 bridgehead atoms. The van der Waals surface area contributed by atoms with Crippen molar-refractivity contribution in [3.63, 3.8) is 0 Å². The number of carbonyl (C=O) groups excluding carboxylic acids is 1. The highest BCUT2D eigenvalue weighted by Crippen LogP contribution is 2.23. The Morgan fingerprint density at radius 1 is 1.41 bits per heavy atom. The summed E-state index contributed by atoms with van der Waals surface area (Å²) in [5.41, 5.74) is 6.20. The van der Waals surface area contributed by atoms with Gasteiger partial charge in [0, 0.05) is 26.2 Å². The van der Waals surface area contributed by atoms with Crippen LogP contribution in [0.15, 0.2) is 22.5 Å². The van der Waals surface area contributed by atoms with Crippen LogP contribution in [-0.2, 0) is 16.1 Å². The molecule has 1 unspecified atom stereocenters. The lowest BCUT2D eigenvalue weighted by molar-refractivity contribution is -0.119. The molecule has 1 aromatic heterocycles. The molecule has 1 amide bonds. The highest BCUT2D eigenvalue weighted by molar-refractivity contribution is 8.01. The first-order valence-corrected chi connectivity index (χ1v) is 10.1. The minimum Gasteiger partial charge on any atom is -0.374 e. The van der Waals surface area contributed by atoms with Crippen molar-refractivity contribution in [3.05, 3.63) is 35.4 Å². The third-order valence-corrected chi connectivity index (χ3v) is 5.77. The predicted octanol–water partition coefficient (Wildman–Crippen LogP) is 1.51. The van der Waals surface area contributed by atoms with E-state index in [1.54, 1.807) is 6.07 Å². The van der Waals surface area contributed by atoms with E-state index in [1.807, 2.05) is 0 Å². The Hall–Kier alpha value is -1.82. The number of benzene rings is 1. The number of nitrogens with zero attached hydrogens (tertiary/aromatic N) is 3. The van der Waals surface area contributed by atoms with Gasteiger partial charge in [-0.2, -0.15) is 0 Å². The van der Waals surface area contributed by atoms with Crippen molar-refractivity contribution in [2.45, 2.75) is 17.0 Å². The smallest absolute Gasteiger partial charge is 0.230 e. The number of thioether (sulfide) groups is 1. The maximum atomic E-state index is 13.3. The van der Waals surface area contributed by atoms with Crippen LogP contribution in [0, 0.1) is 11.6 Å². The van der Waals surface area contributed by atoms with Crippen molar-refractivity contribution in [1.82, 2.24) is 20.4 Å². The average Bonchev–Trinajstić information content (AvgIpc) is 3.07. The predicted molar refractivity (Wildman–Crippen MR) is 99.4 cm³/mol. The normalized spacial score (nSPS) is 17.8. The fourth-order valence-electron chi connectivity index (χ4n) is 2.63. The van der Waals surface area contributed by atoms with Crippen LogP contribution in [0.2, 0.25) is 0 Å². The minimum absolute atomic E-state index is 0.130. The van der Waals surface area contributed by atoms with Crippen LogP contribution in [0.25, 0.3) is 0 Å². The van der Waals surface area contributed by atoms with Crippen molar-refractivity contribution >= 4 is 34.1 Å². The fourth-order valence-corrected chi connectivity index (χ4v) is 4.09. The number of morpholine rings is 1. The molecular weight excluding hydrogens is 396 g/mol. The quantitative estimate of drug-likeness (QED) is 0.662. The van der Waals surface area contributed by atoms with Gasteiger partial charge in [-0.15, -0.1) is 10.2 Å². The lowest BCUT2D eigenvalue weighted by Crippen LogP contribution is -2.47. The number of nitrogen functional groups attached to an aromatic ring is 1. The zero-order chi connectivity index (χ0) is 19.2. The largest absolute Gasteiger partial charge is 0.374 e. The van der Waals surface area contributed by atoms with E-state index in [0.29, 0.717) is 47.8 Å². The van der Waals surface area contributed by atoms with Gasteiger partial charge in [-0.05, 0) is 17.7 Å². The number of nitrogens with two attached hydrogens (primary N) is 1. The molecule has 11 heteroatoms. The Balaban J connectivity index is 1.41. The molecule has 0 aliphatic carbocycles. The zero-order valence-corrected chi connectivity index (χ0v) is 16.0. The summed E-state index contributed by atoms with van der Waals surface area (Å²) in [7, 11) is 0. The third-order valence-electron chi connectivity index (χ3n) is 3.89. The number of hydrogen-bond donors (Lipinski definition) is 2. The third kappa shape index (κ3) is 6.09. The van der Waals surface area contributed by atoms with Gasteiger partial charge in [0.2, 0.25) is 11.0 Å². The van der Waals surface area contributed by atoms with Crippen LogP contribution in [0.4, 0.5) is 13.9 Å². The first-order chi connectivity index (χ1) is 13.0. The molecule has 1 saturated heterocycles. The van der Waals surface area contributed by atoms with Crippen LogP contribution >= 0.6 is 23.1 Å². The summed E-state index contributed by atoms with van der Waals surface area (Å²) in [5, 5.41) is 10.7. The van der Waals surface area contributed by atoms with Crippen LogP contribution in [-0.4, -0.2) is 59.1 Å². The number of aromatic nitrogens is 2. The van der Waals surface area contributed by atoms with Gasteiger partial charge < -0.3 is 15.8 Å². The van der Waals surface area contributed by atoms with Gasteiger partial charge >= 0.3 is 0 Å². The van der Waals surface area contributed by atoms with Gasteiger partial charge in [-0.1, -0.05) is 29.2 Å². The molecule has 7 nitrogen and oxygen atoms in total. The second kappa shape index (κ2) is 9.40. The maximum Gasteiger partial charge on any atom is 0.230 e. The summed E-state index contributed by atoms with van der Waals surface area (Å²) in [6, 6.07) is 3.91. The topological polar surface area (TPSA) is 93.4 Å². The summed E-state index contributed by atoms with van der Waals surface area (Å²) in [5.74, 6) is -1.61. The van der Waals surface area contributed by atoms with Gasteiger partial charge in [-0.25, -0.2) is 8.78 Å². The number of ether oxygens (including phenoxy) is 1. The number of nitrogens with one attached hydrogen (secondary N) is 1. The Labute approximate surface area is 163 Å². The molecule has 3 N–H and O–H groups in total. The number of rotatable bonds is 7. The van der Waals surface area contributed by atoms with Gasteiger partial charge in [0.15, 0.2) is 16.0 Å². The standard InChI is InChI=1S/C16H19F2N5O2S2/c17-12-2-1-10(5-13(12)18)7-23-3-4-25-11(8-23)6-20-14(24)9-26-16-22-21-15(19)27-16/h1-2,5,11H,3-4,6-9H2,(H2,19,21)(H,20,24). The summed E-state index contributed by atoms with van der Waals surface area (Å²) >= 11 is 2.51. The first kappa shape index (κ1) is 19.9. The molecule has 1 aromatic carbocycles. The Bertz CT molecular complexity index is 792. The highest BCUT2D eigenvalue weighted by atomic mass is 32.2. The molecule has 0 radical (unpaired) electrons. The van der Waals surface area contributed by atoms with Crippen molar-refractivity contribution in [3.8, 4) is 0 Å². The van der Waals surface area contributed by atoms with E-state index in [4.69, 9.17) is 10.5 Å². The molecule has 1 fully saturated rings. The van der Waals surface area contributed by atoms with Crippen LogP contribution < -0.4 is 11.1 Å². The summed E-state index contributed by atoms with van der Waals surface area (Å²) in [6.45, 7) is 2.69. The monoisotopic (exact) mass is 415 g/mol. The van der Waals surface area contributed by atoms with Crippen molar-refractivity contribution in [2.24, 2.45) is 0 Å². The van der Waals surface area contributed by atoms with Crippen molar-refractivity contribution in [2.75, 3.05) is 37.7 Å². The summed E-state index contributed by atoms with van der Waals surface area (Å²) in [6.07, 6.45) is -0.157.